The van der Waals surface area contributed by atoms with E-state index in [9.17, 15) is 0 Å². The van der Waals surface area contributed by atoms with Gasteiger partial charge in [-0.25, -0.2) is 0 Å². The zero-order valence-electron chi connectivity index (χ0n) is 13.6. The SMILES string of the molecule is C=CCN1CCN(C(c2ccccc2)c2ccccc2)C(Cl)(Cl)C1. The number of hydrogen-bond donors (Lipinski definition) is 0. The van der Waals surface area contributed by atoms with Crippen molar-refractivity contribution in [3.63, 3.8) is 0 Å². The van der Waals surface area contributed by atoms with Crippen molar-refractivity contribution in [1.29, 1.82) is 0 Å². The van der Waals surface area contributed by atoms with Gasteiger partial charge in [-0.3, -0.25) is 9.80 Å². The summed E-state index contributed by atoms with van der Waals surface area (Å²) in [4.78, 5) is 4.43. The zero-order valence-corrected chi connectivity index (χ0v) is 15.1. The third kappa shape index (κ3) is 3.84. The maximum Gasteiger partial charge on any atom is 0.184 e. The summed E-state index contributed by atoms with van der Waals surface area (Å²) in [6.07, 6.45) is 1.89. The molecule has 0 unspecified atom stereocenters. The first-order valence-electron chi connectivity index (χ1n) is 8.19. The van der Waals surface area contributed by atoms with Crippen molar-refractivity contribution in [2.45, 2.75) is 10.5 Å². The van der Waals surface area contributed by atoms with Gasteiger partial charge in [0.1, 0.15) is 0 Å². The first-order chi connectivity index (χ1) is 11.6. The molecule has 3 rings (SSSR count). The summed E-state index contributed by atoms with van der Waals surface area (Å²) in [5, 5.41) is 0. The minimum Gasteiger partial charge on any atom is -0.294 e. The summed E-state index contributed by atoms with van der Waals surface area (Å²) in [5.41, 5.74) is 2.40. The van der Waals surface area contributed by atoms with E-state index >= 15 is 0 Å². The van der Waals surface area contributed by atoms with Crippen LogP contribution in [0.3, 0.4) is 0 Å². The molecule has 0 aliphatic carbocycles. The van der Waals surface area contributed by atoms with E-state index in [0.29, 0.717) is 6.54 Å². The highest BCUT2D eigenvalue weighted by Crippen LogP contribution is 2.40. The fourth-order valence-corrected chi connectivity index (χ4v) is 4.03. The fraction of sp³-hybridized carbons (Fsp3) is 0.300. The molecule has 1 heterocycles. The smallest absolute Gasteiger partial charge is 0.184 e. The van der Waals surface area contributed by atoms with E-state index in [1.165, 1.54) is 11.1 Å². The van der Waals surface area contributed by atoms with Gasteiger partial charge >= 0.3 is 0 Å². The van der Waals surface area contributed by atoms with Crippen molar-refractivity contribution < 1.29 is 0 Å². The number of rotatable bonds is 5. The summed E-state index contributed by atoms with van der Waals surface area (Å²) < 4.78 is -0.947. The molecule has 1 aliphatic heterocycles. The fourth-order valence-electron chi connectivity index (χ4n) is 3.33. The van der Waals surface area contributed by atoms with Gasteiger partial charge in [-0.2, -0.15) is 0 Å². The summed E-state index contributed by atoms with van der Waals surface area (Å²) in [7, 11) is 0. The van der Waals surface area contributed by atoms with Crippen LogP contribution in [0.5, 0.6) is 0 Å². The quantitative estimate of drug-likeness (QED) is 0.432. The van der Waals surface area contributed by atoms with E-state index < -0.39 is 4.46 Å². The second kappa shape index (κ2) is 7.71. The lowest BCUT2D eigenvalue weighted by Gasteiger charge is -2.47. The molecule has 0 saturated carbocycles. The van der Waals surface area contributed by atoms with Crippen LogP contribution in [0.2, 0.25) is 0 Å². The maximum absolute atomic E-state index is 6.78. The van der Waals surface area contributed by atoms with Crippen molar-refractivity contribution in [3.05, 3.63) is 84.4 Å². The highest BCUT2D eigenvalue weighted by molar-refractivity contribution is 6.48. The van der Waals surface area contributed by atoms with Crippen molar-refractivity contribution in [2.75, 3.05) is 26.2 Å². The van der Waals surface area contributed by atoms with Crippen LogP contribution in [0.4, 0.5) is 0 Å². The minimum absolute atomic E-state index is 0.0354. The Hall–Kier alpha value is -1.32. The third-order valence-electron chi connectivity index (χ3n) is 4.42. The van der Waals surface area contributed by atoms with Crippen molar-refractivity contribution in [1.82, 2.24) is 9.80 Å². The molecule has 0 atom stereocenters. The van der Waals surface area contributed by atoms with Crippen LogP contribution in [-0.2, 0) is 0 Å². The van der Waals surface area contributed by atoms with Crippen LogP contribution < -0.4 is 0 Å². The molecule has 4 heteroatoms. The molecule has 0 bridgehead atoms. The molecule has 126 valence electrons. The molecule has 1 fully saturated rings. The zero-order chi connectivity index (χ0) is 17.0. The van der Waals surface area contributed by atoms with E-state index in [1.54, 1.807) is 0 Å². The van der Waals surface area contributed by atoms with Crippen LogP contribution in [0.15, 0.2) is 73.3 Å². The summed E-state index contributed by atoms with van der Waals surface area (Å²) in [6, 6.07) is 20.9. The first-order valence-corrected chi connectivity index (χ1v) is 8.95. The predicted octanol–water partition coefficient (Wildman–Crippen LogP) is 4.71. The second-order valence-corrected chi connectivity index (χ2v) is 7.55. The standard InChI is InChI=1S/C20H22Cl2N2/c1-2-13-23-14-15-24(20(21,22)16-23)19(17-9-5-3-6-10-17)18-11-7-4-8-12-18/h2-12,19H,1,13-16H2. The van der Waals surface area contributed by atoms with E-state index in [1.807, 2.05) is 18.2 Å². The topological polar surface area (TPSA) is 6.48 Å². The van der Waals surface area contributed by atoms with Gasteiger partial charge in [-0.15, -0.1) is 6.58 Å². The molecular weight excluding hydrogens is 339 g/mol. The summed E-state index contributed by atoms with van der Waals surface area (Å²) >= 11 is 13.6. The van der Waals surface area contributed by atoms with Crippen LogP contribution in [0, 0.1) is 0 Å². The average molecular weight is 361 g/mol. The van der Waals surface area contributed by atoms with Crippen molar-refractivity contribution in [2.24, 2.45) is 0 Å². The molecule has 24 heavy (non-hydrogen) atoms. The molecule has 1 aliphatic rings. The van der Waals surface area contributed by atoms with E-state index in [-0.39, 0.29) is 6.04 Å². The monoisotopic (exact) mass is 360 g/mol. The number of nitrogens with zero attached hydrogens (tertiary/aromatic N) is 2. The lowest BCUT2D eigenvalue weighted by molar-refractivity contribution is 0.0758. The Morgan fingerprint density at radius 1 is 0.958 bits per heavy atom. The number of hydrogen-bond acceptors (Lipinski definition) is 2. The lowest BCUT2D eigenvalue weighted by atomic mass is 9.96. The molecule has 0 amide bonds. The number of benzene rings is 2. The predicted molar refractivity (Wildman–Crippen MR) is 103 cm³/mol. The molecule has 1 saturated heterocycles. The third-order valence-corrected chi connectivity index (χ3v) is 5.09. The van der Waals surface area contributed by atoms with Crippen LogP contribution >= 0.6 is 23.2 Å². The Kier molecular flexibility index (Phi) is 5.62. The van der Waals surface area contributed by atoms with E-state index in [0.717, 1.165) is 19.6 Å². The van der Waals surface area contributed by atoms with Gasteiger partial charge < -0.3 is 0 Å². The van der Waals surface area contributed by atoms with Gasteiger partial charge in [0.25, 0.3) is 0 Å². The first kappa shape index (κ1) is 17.5. The maximum atomic E-state index is 6.78. The largest absolute Gasteiger partial charge is 0.294 e. The molecule has 2 aromatic rings. The summed E-state index contributed by atoms with van der Waals surface area (Å²) in [6.45, 7) is 6.93. The summed E-state index contributed by atoms with van der Waals surface area (Å²) in [5.74, 6) is 0. The van der Waals surface area contributed by atoms with E-state index in [4.69, 9.17) is 23.2 Å². The highest BCUT2D eigenvalue weighted by Gasteiger charge is 2.42. The number of alkyl halides is 2. The molecule has 0 radical (unpaired) electrons. The van der Waals surface area contributed by atoms with Crippen LogP contribution in [0.25, 0.3) is 0 Å². The Balaban J connectivity index is 1.96. The average Bonchev–Trinajstić information content (AvgIpc) is 2.59. The molecule has 2 nitrogen and oxygen atoms in total. The normalized spacial score (nSPS) is 18.6. The van der Waals surface area contributed by atoms with Gasteiger partial charge in [-0.05, 0) is 11.1 Å². The van der Waals surface area contributed by atoms with Gasteiger partial charge in [0, 0.05) is 26.2 Å². The number of piperazine rings is 1. The number of halogens is 2. The van der Waals surface area contributed by atoms with Gasteiger partial charge in [0.2, 0.25) is 0 Å². The van der Waals surface area contributed by atoms with Crippen molar-refractivity contribution in [3.8, 4) is 0 Å². The molecule has 0 N–H and O–H groups in total. The van der Waals surface area contributed by atoms with Crippen molar-refractivity contribution >= 4 is 23.2 Å². The molecule has 0 spiro atoms. The van der Waals surface area contributed by atoms with Gasteiger partial charge in [-0.1, -0.05) is 89.9 Å². The highest BCUT2D eigenvalue weighted by atomic mass is 35.5. The molecule has 2 aromatic carbocycles. The lowest BCUT2D eigenvalue weighted by Crippen LogP contribution is -2.57. The second-order valence-electron chi connectivity index (χ2n) is 6.11. The Labute approximate surface area is 154 Å². The van der Waals surface area contributed by atoms with Crippen LogP contribution in [0.1, 0.15) is 17.2 Å². The molecule has 0 aromatic heterocycles. The van der Waals surface area contributed by atoms with Gasteiger partial charge in [0.05, 0.1) is 6.04 Å². The van der Waals surface area contributed by atoms with Crippen LogP contribution in [-0.4, -0.2) is 40.4 Å². The van der Waals surface area contributed by atoms with E-state index in [2.05, 4.69) is 64.9 Å². The Bertz CT molecular complexity index is 618. The Morgan fingerprint density at radius 2 is 1.50 bits per heavy atom. The van der Waals surface area contributed by atoms with Gasteiger partial charge in [0.15, 0.2) is 4.46 Å². The Morgan fingerprint density at radius 3 is 1.96 bits per heavy atom. The molecular formula is C20H22Cl2N2. The minimum atomic E-state index is -0.947.